The van der Waals surface area contributed by atoms with E-state index in [4.69, 9.17) is 11.6 Å². The summed E-state index contributed by atoms with van der Waals surface area (Å²) in [7, 11) is 0. The van der Waals surface area contributed by atoms with Crippen LogP contribution in [0.2, 0.25) is 5.02 Å². The minimum absolute atomic E-state index is 0.104. The van der Waals surface area contributed by atoms with E-state index in [1.54, 1.807) is 11.3 Å². The lowest BCUT2D eigenvalue weighted by atomic mass is 9.98. The first-order valence-corrected chi connectivity index (χ1v) is 5.73. The Hall–Kier alpha value is -0.600. The number of rotatable bonds is 0. The van der Waals surface area contributed by atoms with Gasteiger partial charge in [0.05, 0.1) is 20.2 Å². The molecule has 14 heavy (non-hydrogen) atoms. The van der Waals surface area contributed by atoms with Crippen molar-refractivity contribution in [2.75, 3.05) is 0 Å². The molecule has 2 rings (SSSR count). The summed E-state index contributed by atoms with van der Waals surface area (Å²) in [6.07, 6.45) is 0. The Morgan fingerprint density at radius 1 is 1.29 bits per heavy atom. The molecule has 0 N–H and O–H groups in total. The van der Waals surface area contributed by atoms with Crippen molar-refractivity contribution < 1.29 is 0 Å². The smallest absolute Gasteiger partial charge is 0.0992 e. The summed E-state index contributed by atoms with van der Waals surface area (Å²) in [6, 6.07) is 5.86. The Kier molecular flexibility index (Phi) is 2.28. The van der Waals surface area contributed by atoms with Crippen LogP contribution >= 0.6 is 22.9 Å². The predicted molar refractivity (Wildman–Crippen MR) is 63.3 cm³/mol. The average Bonchev–Trinajstić information content (AvgIpc) is 2.48. The highest BCUT2D eigenvalue weighted by molar-refractivity contribution is 7.19. The monoisotopic (exact) mass is 225 g/mol. The van der Waals surface area contributed by atoms with Crippen LogP contribution in [0, 0.1) is 0 Å². The van der Waals surface area contributed by atoms with Crippen molar-refractivity contribution in [1.82, 2.24) is 4.98 Å². The number of halogens is 1. The zero-order valence-electron chi connectivity index (χ0n) is 8.47. The van der Waals surface area contributed by atoms with E-state index in [1.165, 1.54) is 0 Å². The number of hydrogen-bond donors (Lipinski definition) is 0. The van der Waals surface area contributed by atoms with Gasteiger partial charge in [-0.05, 0) is 12.1 Å². The second-order valence-corrected chi connectivity index (χ2v) is 5.76. The quantitative estimate of drug-likeness (QED) is 0.653. The van der Waals surface area contributed by atoms with Crippen LogP contribution in [0.25, 0.3) is 10.2 Å². The Morgan fingerprint density at radius 3 is 2.57 bits per heavy atom. The van der Waals surface area contributed by atoms with E-state index in [-0.39, 0.29) is 5.41 Å². The predicted octanol–water partition coefficient (Wildman–Crippen LogP) is 4.25. The summed E-state index contributed by atoms with van der Waals surface area (Å²) in [5.74, 6) is 0. The first-order chi connectivity index (χ1) is 6.48. The van der Waals surface area contributed by atoms with Crippen LogP contribution in [-0.2, 0) is 5.41 Å². The molecule has 0 aliphatic heterocycles. The molecule has 74 valence electrons. The van der Waals surface area contributed by atoms with E-state index in [1.807, 2.05) is 18.2 Å². The summed E-state index contributed by atoms with van der Waals surface area (Å²) in [4.78, 5) is 4.58. The molecule has 0 spiro atoms. The lowest BCUT2D eigenvalue weighted by molar-refractivity contribution is 0.587. The van der Waals surface area contributed by atoms with Gasteiger partial charge in [-0.3, -0.25) is 0 Å². The molecule has 0 saturated carbocycles. The molecule has 0 bridgehead atoms. The number of benzene rings is 1. The number of hydrogen-bond acceptors (Lipinski definition) is 2. The van der Waals surface area contributed by atoms with E-state index >= 15 is 0 Å². The first-order valence-electron chi connectivity index (χ1n) is 4.54. The van der Waals surface area contributed by atoms with Gasteiger partial charge in [-0.1, -0.05) is 38.4 Å². The van der Waals surface area contributed by atoms with Gasteiger partial charge in [-0.15, -0.1) is 11.3 Å². The highest BCUT2D eigenvalue weighted by Crippen LogP contribution is 2.34. The Labute approximate surface area is 92.7 Å². The Bertz CT molecular complexity index is 468. The molecule has 0 amide bonds. The molecule has 0 aliphatic carbocycles. The van der Waals surface area contributed by atoms with Crippen molar-refractivity contribution in [2.45, 2.75) is 26.2 Å². The Balaban J connectivity index is 2.69. The van der Waals surface area contributed by atoms with Crippen LogP contribution in [0.15, 0.2) is 18.2 Å². The maximum absolute atomic E-state index is 6.09. The molecule has 1 aromatic heterocycles. The normalized spacial score (nSPS) is 12.3. The molecule has 2 aromatic rings. The fourth-order valence-corrected chi connectivity index (χ4v) is 2.55. The highest BCUT2D eigenvalue weighted by atomic mass is 35.5. The molecule has 1 aromatic carbocycles. The lowest BCUT2D eigenvalue weighted by Gasteiger charge is -2.13. The average molecular weight is 226 g/mol. The van der Waals surface area contributed by atoms with Crippen LogP contribution in [0.1, 0.15) is 25.8 Å². The lowest BCUT2D eigenvalue weighted by Crippen LogP contribution is -2.09. The fraction of sp³-hybridized carbons (Fsp3) is 0.364. The maximum atomic E-state index is 6.09. The maximum Gasteiger partial charge on any atom is 0.0992 e. The van der Waals surface area contributed by atoms with Crippen molar-refractivity contribution in [1.29, 1.82) is 0 Å². The van der Waals surface area contributed by atoms with Crippen molar-refractivity contribution in [2.24, 2.45) is 0 Å². The third-order valence-electron chi connectivity index (χ3n) is 2.01. The van der Waals surface area contributed by atoms with Crippen LogP contribution < -0.4 is 0 Å². The zero-order chi connectivity index (χ0) is 10.3. The topological polar surface area (TPSA) is 12.9 Å². The van der Waals surface area contributed by atoms with Gasteiger partial charge in [0.1, 0.15) is 0 Å². The third-order valence-corrected chi connectivity index (χ3v) is 3.97. The minimum Gasteiger partial charge on any atom is -0.241 e. The molecular formula is C11H12ClNS. The van der Waals surface area contributed by atoms with Crippen molar-refractivity contribution in [3.8, 4) is 0 Å². The summed E-state index contributed by atoms with van der Waals surface area (Å²) < 4.78 is 1.10. The van der Waals surface area contributed by atoms with Gasteiger partial charge in [0, 0.05) is 5.41 Å². The second kappa shape index (κ2) is 3.21. The number of nitrogens with zero attached hydrogens (tertiary/aromatic N) is 1. The SMILES string of the molecule is CC(C)(C)c1nc2cccc(Cl)c2s1. The van der Waals surface area contributed by atoms with Crippen molar-refractivity contribution in [3.05, 3.63) is 28.2 Å². The highest BCUT2D eigenvalue weighted by Gasteiger charge is 2.19. The van der Waals surface area contributed by atoms with Crippen LogP contribution in [0.4, 0.5) is 0 Å². The fourth-order valence-electron chi connectivity index (χ4n) is 1.24. The van der Waals surface area contributed by atoms with Crippen LogP contribution in [-0.4, -0.2) is 4.98 Å². The van der Waals surface area contributed by atoms with Gasteiger partial charge in [-0.25, -0.2) is 4.98 Å². The van der Waals surface area contributed by atoms with E-state index in [9.17, 15) is 0 Å². The van der Waals surface area contributed by atoms with Crippen LogP contribution in [0.3, 0.4) is 0 Å². The summed E-state index contributed by atoms with van der Waals surface area (Å²) in [5.41, 5.74) is 1.11. The van der Waals surface area contributed by atoms with Gasteiger partial charge >= 0.3 is 0 Å². The largest absolute Gasteiger partial charge is 0.241 e. The molecule has 0 saturated heterocycles. The van der Waals surface area contributed by atoms with Crippen LogP contribution in [0.5, 0.6) is 0 Å². The molecule has 0 fully saturated rings. The summed E-state index contributed by atoms with van der Waals surface area (Å²) >= 11 is 7.78. The van der Waals surface area contributed by atoms with E-state index in [0.29, 0.717) is 0 Å². The molecule has 0 aliphatic rings. The third kappa shape index (κ3) is 1.64. The van der Waals surface area contributed by atoms with E-state index in [2.05, 4.69) is 25.8 Å². The molecule has 1 nitrogen and oxygen atoms in total. The summed E-state index contributed by atoms with van der Waals surface area (Å²) in [6.45, 7) is 6.50. The number of aromatic nitrogens is 1. The zero-order valence-corrected chi connectivity index (χ0v) is 10.0. The van der Waals surface area contributed by atoms with E-state index < -0.39 is 0 Å². The first kappa shape index (κ1) is 9.94. The van der Waals surface area contributed by atoms with Crippen molar-refractivity contribution in [3.63, 3.8) is 0 Å². The molecule has 1 heterocycles. The van der Waals surface area contributed by atoms with Gasteiger partial charge in [0.2, 0.25) is 0 Å². The standard InChI is InChI=1S/C11H12ClNS/c1-11(2,3)10-13-8-6-4-5-7(12)9(8)14-10/h4-6H,1-3H3. The van der Waals surface area contributed by atoms with E-state index in [0.717, 1.165) is 20.2 Å². The van der Waals surface area contributed by atoms with Gasteiger partial charge in [0.25, 0.3) is 0 Å². The molecule has 0 radical (unpaired) electrons. The Morgan fingerprint density at radius 2 is 2.00 bits per heavy atom. The van der Waals surface area contributed by atoms with Gasteiger partial charge in [0.15, 0.2) is 0 Å². The van der Waals surface area contributed by atoms with Gasteiger partial charge < -0.3 is 0 Å². The number of thiazole rings is 1. The summed E-state index contributed by atoms with van der Waals surface area (Å²) in [5, 5.41) is 1.94. The van der Waals surface area contributed by atoms with Crippen molar-refractivity contribution >= 4 is 33.2 Å². The molecule has 0 atom stereocenters. The molecular weight excluding hydrogens is 214 g/mol. The second-order valence-electron chi connectivity index (χ2n) is 4.36. The minimum atomic E-state index is 0.104. The molecule has 3 heteroatoms. The molecule has 0 unspecified atom stereocenters. The van der Waals surface area contributed by atoms with Gasteiger partial charge in [-0.2, -0.15) is 0 Å². The number of fused-ring (bicyclic) bond motifs is 1.